The maximum Gasteiger partial charge on any atom is 0.0541 e. The molecule has 2 heterocycles. The number of halogens is 1. The van der Waals surface area contributed by atoms with E-state index in [0.717, 1.165) is 4.47 Å². The van der Waals surface area contributed by atoms with Gasteiger partial charge in [0, 0.05) is 37.4 Å². The highest BCUT2D eigenvalue weighted by Gasteiger charge is 2.16. The van der Waals surface area contributed by atoms with Gasteiger partial charge in [-0.2, -0.15) is 0 Å². The first-order chi connectivity index (χ1) is 25.2. The van der Waals surface area contributed by atoms with Crippen LogP contribution in [0.4, 0.5) is 0 Å². The Bertz CT molecular complexity index is 2720. The Labute approximate surface area is 304 Å². The molecule has 3 heteroatoms. The quantitative estimate of drug-likeness (QED) is 0.168. The molecule has 0 saturated heterocycles. The lowest BCUT2D eigenvalue weighted by Crippen LogP contribution is -1.93. The molecule has 8 aromatic carbocycles. The lowest BCUT2D eigenvalue weighted by atomic mass is 9.92. The summed E-state index contributed by atoms with van der Waals surface area (Å²) in [4.78, 5) is 0. The number of nitrogens with zero attached hydrogens (tertiary/aromatic N) is 2. The molecule has 0 amide bonds. The van der Waals surface area contributed by atoms with Crippen LogP contribution in [0.15, 0.2) is 193 Å². The van der Waals surface area contributed by atoms with Gasteiger partial charge in [-0.1, -0.05) is 113 Å². The van der Waals surface area contributed by atoms with Gasteiger partial charge in [0.25, 0.3) is 0 Å². The van der Waals surface area contributed by atoms with E-state index in [9.17, 15) is 0 Å². The minimum atomic E-state index is 1.07. The summed E-state index contributed by atoms with van der Waals surface area (Å²) in [6, 6.07) is 68.3. The fraction of sp³-hybridized carbons (Fsp3) is 0. The van der Waals surface area contributed by atoms with Gasteiger partial charge in [0.05, 0.1) is 22.1 Å². The van der Waals surface area contributed by atoms with Crippen molar-refractivity contribution >= 4 is 59.5 Å². The van der Waals surface area contributed by atoms with Crippen LogP contribution in [0.1, 0.15) is 0 Å². The summed E-state index contributed by atoms with van der Waals surface area (Å²) in [6.45, 7) is 0. The summed E-state index contributed by atoms with van der Waals surface area (Å²) in [5.74, 6) is 0. The third-order valence-corrected chi connectivity index (χ3v) is 10.7. The monoisotopic (exact) mass is 714 g/mol. The second-order valence-electron chi connectivity index (χ2n) is 13.1. The summed E-state index contributed by atoms with van der Waals surface area (Å²) in [6.07, 6.45) is 0. The second kappa shape index (κ2) is 12.0. The molecule has 0 aliphatic rings. The van der Waals surface area contributed by atoms with Crippen LogP contribution in [0.5, 0.6) is 0 Å². The topological polar surface area (TPSA) is 9.86 Å². The fourth-order valence-corrected chi connectivity index (χ4v) is 8.05. The molecule has 10 rings (SSSR count). The Morgan fingerprint density at radius 3 is 1.12 bits per heavy atom. The molecule has 0 aliphatic heterocycles. The molecular weight excluding hydrogens is 684 g/mol. The molecule has 240 valence electrons. The van der Waals surface area contributed by atoms with Gasteiger partial charge < -0.3 is 9.13 Å². The van der Waals surface area contributed by atoms with Crippen molar-refractivity contribution in [1.29, 1.82) is 0 Å². The number of para-hydroxylation sites is 4. The van der Waals surface area contributed by atoms with Crippen molar-refractivity contribution < 1.29 is 0 Å². The molecule has 0 aliphatic carbocycles. The number of hydrogen-bond donors (Lipinski definition) is 0. The lowest BCUT2D eigenvalue weighted by molar-refractivity contribution is 1.18. The van der Waals surface area contributed by atoms with Crippen molar-refractivity contribution in [3.63, 3.8) is 0 Å². The van der Waals surface area contributed by atoms with E-state index in [0.29, 0.717) is 0 Å². The number of aromatic nitrogens is 2. The van der Waals surface area contributed by atoms with Crippen molar-refractivity contribution in [1.82, 2.24) is 9.13 Å². The molecule has 0 atom stereocenters. The van der Waals surface area contributed by atoms with Crippen LogP contribution in [0.3, 0.4) is 0 Å². The molecule has 2 nitrogen and oxygen atoms in total. The third-order valence-electron chi connectivity index (χ3n) is 10.2. The van der Waals surface area contributed by atoms with E-state index in [1.807, 2.05) is 0 Å². The Balaban J connectivity index is 1.18. The van der Waals surface area contributed by atoms with Gasteiger partial charge in [0.15, 0.2) is 0 Å². The predicted molar refractivity (Wildman–Crippen MR) is 219 cm³/mol. The van der Waals surface area contributed by atoms with E-state index in [2.05, 4.69) is 213 Å². The van der Waals surface area contributed by atoms with Crippen molar-refractivity contribution in [2.75, 3.05) is 0 Å². The van der Waals surface area contributed by atoms with E-state index in [4.69, 9.17) is 0 Å². The maximum atomic E-state index is 3.64. The van der Waals surface area contributed by atoms with E-state index < -0.39 is 0 Å². The zero-order valence-corrected chi connectivity index (χ0v) is 29.3. The molecule has 0 spiro atoms. The van der Waals surface area contributed by atoms with E-state index in [1.165, 1.54) is 88.4 Å². The van der Waals surface area contributed by atoms with Crippen LogP contribution < -0.4 is 0 Å². The minimum Gasteiger partial charge on any atom is -0.309 e. The molecular formula is C48H31BrN2. The maximum absolute atomic E-state index is 3.64. The van der Waals surface area contributed by atoms with E-state index >= 15 is 0 Å². The number of benzene rings is 8. The Hall–Kier alpha value is -6.16. The van der Waals surface area contributed by atoms with Gasteiger partial charge in [0.2, 0.25) is 0 Å². The predicted octanol–water partition coefficient (Wildman–Crippen LogP) is 13.6. The van der Waals surface area contributed by atoms with Crippen molar-refractivity contribution in [3.8, 4) is 44.8 Å². The number of fused-ring (bicyclic) bond motifs is 6. The Morgan fingerprint density at radius 1 is 0.275 bits per heavy atom. The second-order valence-corrected chi connectivity index (χ2v) is 14.1. The van der Waals surface area contributed by atoms with Crippen LogP contribution >= 0.6 is 15.9 Å². The van der Waals surface area contributed by atoms with Crippen LogP contribution in [0.25, 0.3) is 88.4 Å². The highest BCUT2D eigenvalue weighted by Crippen LogP contribution is 2.40. The number of rotatable bonds is 5. The molecule has 0 bridgehead atoms. The van der Waals surface area contributed by atoms with E-state index in [-0.39, 0.29) is 0 Å². The molecule has 0 fully saturated rings. The van der Waals surface area contributed by atoms with Gasteiger partial charge in [0.1, 0.15) is 0 Å². The first kappa shape index (κ1) is 29.7. The average molecular weight is 716 g/mol. The van der Waals surface area contributed by atoms with Crippen LogP contribution in [0.2, 0.25) is 0 Å². The van der Waals surface area contributed by atoms with Gasteiger partial charge in [-0.05, 0) is 124 Å². The standard InChI is InChI=1S/C48H31BrN2/c49-38-23-19-32(20-24-38)35-27-36(33-21-25-47-43(30-33)41-15-7-9-17-45(41)50(47)39-11-3-1-4-12-39)29-37(28-35)34-22-26-48-44(31-34)42-16-8-10-18-46(42)51(48)40-13-5-2-6-14-40/h1-31H. The molecule has 0 unspecified atom stereocenters. The molecule has 10 aromatic rings. The number of hydrogen-bond acceptors (Lipinski definition) is 0. The smallest absolute Gasteiger partial charge is 0.0541 e. The summed E-state index contributed by atoms with van der Waals surface area (Å²) >= 11 is 3.64. The van der Waals surface area contributed by atoms with E-state index in [1.54, 1.807) is 0 Å². The first-order valence-corrected chi connectivity index (χ1v) is 18.1. The third kappa shape index (κ3) is 5.00. The van der Waals surface area contributed by atoms with Crippen molar-refractivity contribution in [3.05, 3.63) is 193 Å². The summed E-state index contributed by atoms with van der Waals surface area (Å²) in [5, 5.41) is 5.00. The fourth-order valence-electron chi connectivity index (χ4n) is 7.79. The lowest BCUT2D eigenvalue weighted by Gasteiger charge is -2.13. The highest BCUT2D eigenvalue weighted by atomic mass is 79.9. The van der Waals surface area contributed by atoms with Crippen LogP contribution in [-0.2, 0) is 0 Å². The van der Waals surface area contributed by atoms with Crippen LogP contribution in [0, 0.1) is 0 Å². The Kier molecular flexibility index (Phi) is 7.00. The van der Waals surface area contributed by atoms with Gasteiger partial charge >= 0.3 is 0 Å². The average Bonchev–Trinajstić information content (AvgIpc) is 3.71. The van der Waals surface area contributed by atoms with Gasteiger partial charge in [-0.15, -0.1) is 0 Å². The first-order valence-electron chi connectivity index (χ1n) is 17.3. The summed E-state index contributed by atoms with van der Waals surface area (Å²) < 4.78 is 5.82. The van der Waals surface area contributed by atoms with Gasteiger partial charge in [-0.25, -0.2) is 0 Å². The summed E-state index contributed by atoms with van der Waals surface area (Å²) in [5.41, 5.74) is 14.3. The highest BCUT2D eigenvalue weighted by molar-refractivity contribution is 9.10. The van der Waals surface area contributed by atoms with Crippen LogP contribution in [-0.4, -0.2) is 9.13 Å². The summed E-state index contributed by atoms with van der Waals surface area (Å²) in [7, 11) is 0. The normalized spacial score (nSPS) is 11.6. The minimum absolute atomic E-state index is 1.07. The molecule has 2 aromatic heterocycles. The SMILES string of the molecule is Brc1ccc(-c2cc(-c3ccc4c(c3)c3ccccc3n4-c3ccccc3)cc(-c3ccc4c(c3)c3ccccc3n4-c3ccccc3)c2)cc1. The largest absolute Gasteiger partial charge is 0.309 e. The zero-order chi connectivity index (χ0) is 33.9. The molecule has 0 saturated carbocycles. The molecule has 51 heavy (non-hydrogen) atoms. The zero-order valence-electron chi connectivity index (χ0n) is 27.7. The van der Waals surface area contributed by atoms with Crippen molar-refractivity contribution in [2.45, 2.75) is 0 Å². The van der Waals surface area contributed by atoms with Crippen molar-refractivity contribution in [2.24, 2.45) is 0 Å². The molecule has 0 N–H and O–H groups in total. The van der Waals surface area contributed by atoms with Gasteiger partial charge in [-0.3, -0.25) is 0 Å². The Morgan fingerprint density at radius 2 is 0.647 bits per heavy atom. The molecule has 0 radical (unpaired) electrons.